The van der Waals surface area contributed by atoms with E-state index in [1.807, 2.05) is 24.3 Å². The topological polar surface area (TPSA) is 68.1 Å². The average molecular weight is 450 g/mol. The minimum Gasteiger partial charge on any atom is -0.507 e. The number of fused-ring (bicyclic) bond motifs is 3. The highest BCUT2D eigenvalue weighted by molar-refractivity contribution is 6.13. The quantitative estimate of drug-likeness (QED) is 0.201. The maximum atomic E-state index is 10.5. The molecule has 0 aliphatic carbocycles. The Morgan fingerprint density at radius 1 is 0.676 bits per heavy atom. The molecule has 0 saturated carbocycles. The summed E-state index contributed by atoms with van der Waals surface area (Å²) in [6.45, 7) is 2.73. The molecule has 5 nitrogen and oxygen atoms in total. The summed E-state index contributed by atoms with van der Waals surface area (Å²) in [4.78, 5) is 14.0. The third-order valence-electron chi connectivity index (χ3n) is 6.00. The normalized spacial score (nSPS) is 11.2. The number of phenolic OH excluding ortho intramolecular Hbond substituents is 1. The van der Waals surface area contributed by atoms with E-state index in [9.17, 15) is 5.11 Å². The van der Waals surface area contributed by atoms with Gasteiger partial charge in [-0.25, -0.2) is 4.98 Å². The van der Waals surface area contributed by atoms with Crippen molar-refractivity contribution >= 4 is 21.5 Å². The molecule has 170 valence electrons. The molecule has 4 aromatic carbocycles. The Hall–Kier alpha value is -3.99. The van der Waals surface area contributed by atoms with Gasteiger partial charge in [-0.3, -0.25) is 0 Å². The zero-order chi connectivity index (χ0) is 23.3. The molecule has 34 heavy (non-hydrogen) atoms. The number of para-hydroxylation sites is 1. The van der Waals surface area contributed by atoms with Crippen LogP contribution in [0.3, 0.4) is 0 Å². The highest BCUT2D eigenvalue weighted by Crippen LogP contribution is 2.35. The minimum absolute atomic E-state index is 0.122. The molecule has 0 amide bonds. The van der Waals surface area contributed by atoms with Crippen LogP contribution < -0.4 is 4.74 Å². The van der Waals surface area contributed by atoms with E-state index in [1.54, 1.807) is 18.2 Å². The van der Waals surface area contributed by atoms with Gasteiger partial charge in [-0.2, -0.15) is 9.97 Å². The fourth-order valence-corrected chi connectivity index (χ4v) is 4.26. The minimum atomic E-state index is 0.122. The van der Waals surface area contributed by atoms with Gasteiger partial charge in [0.05, 0.1) is 12.2 Å². The Balaban J connectivity index is 1.66. The van der Waals surface area contributed by atoms with Crippen LogP contribution in [0, 0.1) is 0 Å². The molecule has 1 heterocycles. The number of unbranched alkanes of at least 4 members (excludes halogenated alkanes) is 3. The standard InChI is InChI=1S/C29H27N3O2/c1-2-3-4-11-18-34-29-31-27(24-16-9-10-17-26(24)33)30-28(32-29)25-19-20-12-5-6-13-21(20)22-14-7-8-15-23(22)25/h5-10,12-17,19,33H,2-4,11,18H2,1H3. The number of phenols is 1. The molecule has 0 fully saturated rings. The summed E-state index contributed by atoms with van der Waals surface area (Å²) in [6, 6.07) is 26.1. The molecule has 0 saturated heterocycles. The van der Waals surface area contributed by atoms with Crippen molar-refractivity contribution in [2.24, 2.45) is 0 Å². The van der Waals surface area contributed by atoms with Crippen LogP contribution in [0.25, 0.3) is 44.3 Å². The summed E-state index contributed by atoms with van der Waals surface area (Å²) in [5.41, 5.74) is 1.45. The van der Waals surface area contributed by atoms with Gasteiger partial charge in [0.15, 0.2) is 11.6 Å². The first kappa shape index (κ1) is 21.8. The number of hydrogen-bond donors (Lipinski definition) is 1. The summed E-state index contributed by atoms with van der Waals surface area (Å²) in [5.74, 6) is 1.04. The molecule has 0 aliphatic rings. The maximum Gasteiger partial charge on any atom is 0.320 e. The van der Waals surface area contributed by atoms with Gasteiger partial charge in [0.25, 0.3) is 0 Å². The van der Waals surface area contributed by atoms with Crippen molar-refractivity contribution in [3.63, 3.8) is 0 Å². The SMILES string of the molecule is CCCCCCOc1nc(-c2ccccc2O)nc(-c2cc3ccccc3c3ccccc23)n1. The van der Waals surface area contributed by atoms with Crippen molar-refractivity contribution in [3.05, 3.63) is 78.9 Å². The first-order valence-electron chi connectivity index (χ1n) is 11.8. The number of benzene rings is 4. The van der Waals surface area contributed by atoms with E-state index in [0.29, 0.717) is 23.8 Å². The fourth-order valence-electron chi connectivity index (χ4n) is 4.26. The smallest absolute Gasteiger partial charge is 0.320 e. The van der Waals surface area contributed by atoms with Gasteiger partial charge in [0, 0.05) is 5.56 Å². The Morgan fingerprint density at radius 3 is 2.15 bits per heavy atom. The van der Waals surface area contributed by atoms with Crippen molar-refractivity contribution < 1.29 is 9.84 Å². The van der Waals surface area contributed by atoms with Crippen LogP contribution >= 0.6 is 0 Å². The number of aromatic hydroxyl groups is 1. The second-order valence-electron chi connectivity index (χ2n) is 8.38. The lowest BCUT2D eigenvalue weighted by Gasteiger charge is -2.13. The molecule has 0 spiro atoms. The Kier molecular flexibility index (Phi) is 6.34. The van der Waals surface area contributed by atoms with E-state index < -0.39 is 0 Å². The van der Waals surface area contributed by atoms with E-state index in [2.05, 4.69) is 48.3 Å². The molecule has 0 aliphatic heterocycles. The fraction of sp³-hybridized carbons (Fsp3) is 0.207. The first-order chi connectivity index (χ1) is 16.7. The molecule has 0 atom stereocenters. The molecule has 0 unspecified atom stereocenters. The second-order valence-corrected chi connectivity index (χ2v) is 8.38. The van der Waals surface area contributed by atoms with Gasteiger partial charge >= 0.3 is 6.01 Å². The molecular formula is C29H27N3O2. The molecule has 5 aromatic rings. The molecule has 5 rings (SSSR count). The summed E-state index contributed by atoms with van der Waals surface area (Å²) in [5, 5.41) is 15.0. The number of ether oxygens (including phenoxy) is 1. The molecule has 1 aromatic heterocycles. The second kappa shape index (κ2) is 9.87. The van der Waals surface area contributed by atoms with Gasteiger partial charge in [0.2, 0.25) is 0 Å². The van der Waals surface area contributed by atoms with Crippen LogP contribution in [0.4, 0.5) is 0 Å². The zero-order valence-electron chi connectivity index (χ0n) is 19.2. The van der Waals surface area contributed by atoms with E-state index in [0.717, 1.165) is 34.6 Å². The Morgan fingerprint density at radius 2 is 1.35 bits per heavy atom. The third-order valence-corrected chi connectivity index (χ3v) is 6.00. The number of rotatable bonds is 8. The third kappa shape index (κ3) is 4.42. The highest BCUT2D eigenvalue weighted by Gasteiger charge is 2.16. The van der Waals surface area contributed by atoms with Crippen molar-refractivity contribution in [2.45, 2.75) is 32.6 Å². The lowest BCUT2D eigenvalue weighted by molar-refractivity contribution is 0.281. The van der Waals surface area contributed by atoms with Crippen LogP contribution in [0.15, 0.2) is 78.9 Å². The van der Waals surface area contributed by atoms with Crippen molar-refractivity contribution in [1.82, 2.24) is 15.0 Å². The predicted octanol–water partition coefficient (Wildman–Crippen LogP) is 7.18. The van der Waals surface area contributed by atoms with Crippen molar-refractivity contribution in [2.75, 3.05) is 6.61 Å². The van der Waals surface area contributed by atoms with E-state index in [1.165, 1.54) is 18.2 Å². The summed E-state index contributed by atoms with van der Waals surface area (Å²) in [7, 11) is 0. The Labute approximate surface area is 199 Å². The van der Waals surface area contributed by atoms with Gasteiger partial charge in [-0.05, 0) is 46.2 Å². The number of aromatic nitrogens is 3. The van der Waals surface area contributed by atoms with Crippen LogP contribution in [-0.4, -0.2) is 26.7 Å². The molecule has 1 N–H and O–H groups in total. The highest BCUT2D eigenvalue weighted by atomic mass is 16.5. The molecular weight excluding hydrogens is 422 g/mol. The maximum absolute atomic E-state index is 10.5. The van der Waals surface area contributed by atoms with E-state index in [4.69, 9.17) is 14.7 Å². The van der Waals surface area contributed by atoms with Gasteiger partial charge in [-0.15, -0.1) is 0 Å². The molecule has 5 heteroatoms. The van der Waals surface area contributed by atoms with Gasteiger partial charge in [0.1, 0.15) is 5.75 Å². The zero-order valence-corrected chi connectivity index (χ0v) is 19.2. The largest absolute Gasteiger partial charge is 0.507 e. The lowest BCUT2D eigenvalue weighted by Crippen LogP contribution is -2.05. The van der Waals surface area contributed by atoms with Crippen LogP contribution in [-0.2, 0) is 0 Å². The van der Waals surface area contributed by atoms with Crippen LogP contribution in [0.2, 0.25) is 0 Å². The first-order valence-corrected chi connectivity index (χ1v) is 11.8. The lowest BCUT2D eigenvalue weighted by atomic mass is 9.97. The van der Waals surface area contributed by atoms with Gasteiger partial charge < -0.3 is 9.84 Å². The summed E-state index contributed by atoms with van der Waals surface area (Å²) < 4.78 is 5.97. The molecule has 0 bridgehead atoms. The number of nitrogens with zero attached hydrogens (tertiary/aromatic N) is 3. The van der Waals surface area contributed by atoms with Crippen molar-refractivity contribution in [1.29, 1.82) is 0 Å². The van der Waals surface area contributed by atoms with Crippen LogP contribution in [0.1, 0.15) is 32.6 Å². The monoisotopic (exact) mass is 449 g/mol. The average Bonchev–Trinajstić information content (AvgIpc) is 2.88. The summed E-state index contributed by atoms with van der Waals surface area (Å²) >= 11 is 0. The van der Waals surface area contributed by atoms with E-state index >= 15 is 0 Å². The van der Waals surface area contributed by atoms with Crippen LogP contribution in [0.5, 0.6) is 11.8 Å². The van der Waals surface area contributed by atoms with Gasteiger partial charge in [-0.1, -0.05) is 86.8 Å². The van der Waals surface area contributed by atoms with E-state index in [-0.39, 0.29) is 11.8 Å². The number of hydrogen-bond acceptors (Lipinski definition) is 5. The Bertz CT molecular complexity index is 1450. The summed E-state index contributed by atoms with van der Waals surface area (Å²) in [6.07, 6.45) is 4.40. The molecule has 0 radical (unpaired) electrons. The van der Waals surface area contributed by atoms with Crippen molar-refractivity contribution in [3.8, 4) is 34.5 Å². The predicted molar refractivity (Wildman–Crippen MR) is 137 cm³/mol.